The van der Waals surface area contributed by atoms with Crippen molar-refractivity contribution in [3.8, 4) is 0 Å². The molecule has 1 amide bonds. The van der Waals surface area contributed by atoms with Crippen molar-refractivity contribution < 1.29 is 14.4 Å². The lowest BCUT2D eigenvalue weighted by atomic mass is 10.0. The van der Waals surface area contributed by atoms with E-state index in [1.165, 1.54) is 7.11 Å². The zero-order valence-electron chi connectivity index (χ0n) is 7.66. The molecular formula is C8H15NO3. The molecule has 3 atom stereocenters. The third-order valence-electron chi connectivity index (χ3n) is 2.06. The number of hydroxylamine groups is 1. The van der Waals surface area contributed by atoms with Crippen LogP contribution >= 0.6 is 0 Å². The first-order chi connectivity index (χ1) is 5.65. The van der Waals surface area contributed by atoms with E-state index in [4.69, 9.17) is 4.74 Å². The Balaban J connectivity index is 2.46. The predicted molar refractivity (Wildman–Crippen MR) is 43.3 cm³/mol. The van der Waals surface area contributed by atoms with E-state index in [-0.39, 0.29) is 24.0 Å². The molecule has 0 bridgehead atoms. The van der Waals surface area contributed by atoms with Crippen molar-refractivity contribution in [1.82, 2.24) is 5.48 Å². The average Bonchev–Trinajstić information content (AvgIpc) is 2.30. The topological polar surface area (TPSA) is 47.6 Å². The molecule has 3 unspecified atom stereocenters. The molecule has 1 fully saturated rings. The SMILES string of the molecule is CONC(=O)C1OC(C)CC1C. The molecule has 1 heterocycles. The third-order valence-corrected chi connectivity index (χ3v) is 2.06. The molecule has 1 aliphatic rings. The third kappa shape index (κ3) is 1.95. The van der Waals surface area contributed by atoms with Gasteiger partial charge in [0.2, 0.25) is 0 Å². The minimum Gasteiger partial charge on any atom is -0.365 e. The molecule has 0 radical (unpaired) electrons. The van der Waals surface area contributed by atoms with Crippen molar-refractivity contribution in [2.45, 2.75) is 32.5 Å². The second-order valence-corrected chi connectivity index (χ2v) is 3.25. The van der Waals surface area contributed by atoms with Crippen LogP contribution in [0.1, 0.15) is 20.3 Å². The van der Waals surface area contributed by atoms with Crippen LogP contribution in [0.25, 0.3) is 0 Å². The number of ether oxygens (including phenoxy) is 1. The monoisotopic (exact) mass is 173 g/mol. The van der Waals surface area contributed by atoms with Crippen LogP contribution in [-0.4, -0.2) is 25.2 Å². The van der Waals surface area contributed by atoms with Gasteiger partial charge in [0.1, 0.15) is 6.10 Å². The van der Waals surface area contributed by atoms with Gasteiger partial charge in [-0.05, 0) is 19.3 Å². The van der Waals surface area contributed by atoms with E-state index < -0.39 is 0 Å². The standard InChI is InChI=1S/C8H15NO3/c1-5-4-6(2)12-7(5)8(10)9-11-3/h5-7H,4H2,1-3H3,(H,9,10). The van der Waals surface area contributed by atoms with Crippen molar-refractivity contribution in [3.05, 3.63) is 0 Å². The molecule has 1 aliphatic heterocycles. The molecule has 1 rings (SSSR count). The van der Waals surface area contributed by atoms with Gasteiger partial charge in [-0.25, -0.2) is 5.48 Å². The summed E-state index contributed by atoms with van der Waals surface area (Å²) in [4.78, 5) is 15.8. The second kappa shape index (κ2) is 3.87. The lowest BCUT2D eigenvalue weighted by Crippen LogP contribution is -2.36. The van der Waals surface area contributed by atoms with Crippen LogP contribution in [0.5, 0.6) is 0 Å². The van der Waals surface area contributed by atoms with Crippen molar-refractivity contribution >= 4 is 5.91 Å². The van der Waals surface area contributed by atoms with Gasteiger partial charge >= 0.3 is 0 Å². The normalized spacial score (nSPS) is 35.1. The van der Waals surface area contributed by atoms with Crippen LogP contribution < -0.4 is 5.48 Å². The smallest absolute Gasteiger partial charge is 0.272 e. The minimum absolute atomic E-state index is 0.174. The number of carbonyl (C=O) groups is 1. The summed E-state index contributed by atoms with van der Waals surface area (Å²) in [6, 6.07) is 0. The fourth-order valence-electron chi connectivity index (χ4n) is 1.57. The highest BCUT2D eigenvalue weighted by Gasteiger charge is 2.34. The van der Waals surface area contributed by atoms with Crippen LogP contribution in [0.2, 0.25) is 0 Å². The summed E-state index contributed by atoms with van der Waals surface area (Å²) in [7, 11) is 1.42. The molecule has 0 aromatic carbocycles. The zero-order chi connectivity index (χ0) is 9.14. The fraction of sp³-hybridized carbons (Fsp3) is 0.875. The number of carbonyl (C=O) groups excluding carboxylic acids is 1. The van der Waals surface area contributed by atoms with Gasteiger partial charge in [-0.15, -0.1) is 0 Å². The molecule has 4 nitrogen and oxygen atoms in total. The lowest BCUT2D eigenvalue weighted by Gasteiger charge is -2.12. The Morgan fingerprint density at radius 1 is 1.58 bits per heavy atom. The Hall–Kier alpha value is -0.610. The first-order valence-corrected chi connectivity index (χ1v) is 4.13. The van der Waals surface area contributed by atoms with Gasteiger partial charge < -0.3 is 4.74 Å². The van der Waals surface area contributed by atoms with E-state index in [1.807, 2.05) is 13.8 Å². The number of hydrogen-bond acceptors (Lipinski definition) is 3. The molecule has 1 N–H and O–H groups in total. The molecule has 70 valence electrons. The van der Waals surface area contributed by atoms with Crippen molar-refractivity contribution in [3.63, 3.8) is 0 Å². The molecule has 12 heavy (non-hydrogen) atoms. The van der Waals surface area contributed by atoms with Gasteiger partial charge in [-0.3, -0.25) is 9.63 Å². The first kappa shape index (κ1) is 9.48. The molecule has 0 spiro atoms. The summed E-state index contributed by atoms with van der Waals surface area (Å²) in [5, 5.41) is 0. The summed E-state index contributed by atoms with van der Waals surface area (Å²) in [6.07, 6.45) is 0.759. The molecule has 0 aromatic rings. The van der Waals surface area contributed by atoms with Gasteiger partial charge in [-0.1, -0.05) is 6.92 Å². The summed E-state index contributed by atoms with van der Waals surface area (Å²) < 4.78 is 5.40. The van der Waals surface area contributed by atoms with Crippen LogP contribution in [0, 0.1) is 5.92 Å². The van der Waals surface area contributed by atoms with E-state index in [0.717, 1.165) is 6.42 Å². The minimum atomic E-state index is -0.347. The highest BCUT2D eigenvalue weighted by Crippen LogP contribution is 2.25. The van der Waals surface area contributed by atoms with Crippen LogP contribution in [0.4, 0.5) is 0 Å². The molecule has 1 saturated heterocycles. The van der Waals surface area contributed by atoms with Gasteiger partial charge in [0.05, 0.1) is 13.2 Å². The van der Waals surface area contributed by atoms with Gasteiger partial charge in [0.15, 0.2) is 0 Å². The second-order valence-electron chi connectivity index (χ2n) is 3.25. The van der Waals surface area contributed by atoms with Crippen LogP contribution in [-0.2, 0) is 14.4 Å². The highest BCUT2D eigenvalue weighted by atomic mass is 16.6. The lowest BCUT2D eigenvalue weighted by molar-refractivity contribution is -0.143. The van der Waals surface area contributed by atoms with E-state index in [9.17, 15) is 4.79 Å². The number of amides is 1. The summed E-state index contributed by atoms with van der Waals surface area (Å²) in [5.74, 6) is 0.0875. The van der Waals surface area contributed by atoms with E-state index in [2.05, 4.69) is 10.3 Å². The maximum absolute atomic E-state index is 11.2. The van der Waals surface area contributed by atoms with Gasteiger partial charge in [0.25, 0.3) is 5.91 Å². The predicted octanol–water partition coefficient (Wildman–Crippen LogP) is 0.477. The Labute approximate surface area is 72.2 Å². The van der Waals surface area contributed by atoms with Crippen molar-refractivity contribution in [2.24, 2.45) is 5.92 Å². The molecule has 0 aromatic heterocycles. The van der Waals surface area contributed by atoms with Crippen molar-refractivity contribution in [2.75, 3.05) is 7.11 Å². The molecule has 0 aliphatic carbocycles. The zero-order valence-corrected chi connectivity index (χ0v) is 7.66. The number of rotatable bonds is 2. The maximum atomic E-state index is 11.2. The summed E-state index contributed by atoms with van der Waals surface area (Å²) in [6.45, 7) is 3.97. The average molecular weight is 173 g/mol. The van der Waals surface area contributed by atoms with E-state index in [1.54, 1.807) is 0 Å². The maximum Gasteiger partial charge on any atom is 0.272 e. The summed E-state index contributed by atoms with van der Waals surface area (Å²) in [5.41, 5.74) is 2.27. The highest BCUT2D eigenvalue weighted by molar-refractivity contribution is 5.80. The van der Waals surface area contributed by atoms with Crippen LogP contribution in [0.3, 0.4) is 0 Å². The largest absolute Gasteiger partial charge is 0.365 e. The van der Waals surface area contributed by atoms with Crippen LogP contribution in [0.15, 0.2) is 0 Å². The van der Waals surface area contributed by atoms with Crippen molar-refractivity contribution in [1.29, 1.82) is 0 Å². The quantitative estimate of drug-likeness (QED) is 0.618. The Morgan fingerprint density at radius 2 is 2.25 bits per heavy atom. The summed E-state index contributed by atoms with van der Waals surface area (Å²) >= 11 is 0. The van der Waals surface area contributed by atoms with E-state index in [0.29, 0.717) is 0 Å². The van der Waals surface area contributed by atoms with E-state index >= 15 is 0 Å². The number of hydrogen-bond donors (Lipinski definition) is 1. The first-order valence-electron chi connectivity index (χ1n) is 4.13. The molecule has 0 saturated carbocycles. The fourth-order valence-corrected chi connectivity index (χ4v) is 1.57. The molecule has 4 heteroatoms. The van der Waals surface area contributed by atoms with Gasteiger partial charge in [0, 0.05) is 0 Å². The Bertz CT molecular complexity index is 172. The van der Waals surface area contributed by atoms with Gasteiger partial charge in [-0.2, -0.15) is 0 Å². The number of nitrogens with one attached hydrogen (secondary N) is 1. The Kier molecular flexibility index (Phi) is 3.05. The molecular weight excluding hydrogens is 158 g/mol. The Morgan fingerprint density at radius 3 is 2.67 bits per heavy atom.